The van der Waals surface area contributed by atoms with Gasteiger partial charge in [-0.15, -0.1) is 0 Å². The van der Waals surface area contributed by atoms with Crippen LogP contribution in [0.5, 0.6) is 5.75 Å². The minimum atomic E-state index is -0.542. The fourth-order valence-corrected chi connectivity index (χ4v) is 6.02. The van der Waals surface area contributed by atoms with E-state index in [9.17, 15) is 9.59 Å². The molecule has 0 radical (unpaired) electrons. The Morgan fingerprint density at radius 3 is 2.62 bits per heavy atom. The van der Waals surface area contributed by atoms with Gasteiger partial charge < -0.3 is 30.1 Å². The van der Waals surface area contributed by atoms with E-state index in [2.05, 4.69) is 25.4 Å². The molecule has 1 aromatic heterocycles. The van der Waals surface area contributed by atoms with E-state index < -0.39 is 5.41 Å². The molecule has 3 heterocycles. The van der Waals surface area contributed by atoms with Gasteiger partial charge in [-0.3, -0.25) is 9.59 Å². The van der Waals surface area contributed by atoms with Crippen LogP contribution in [0.2, 0.25) is 0 Å². The Morgan fingerprint density at radius 1 is 1.15 bits per heavy atom. The first-order chi connectivity index (χ1) is 18.8. The first-order valence-electron chi connectivity index (χ1n) is 14.1. The Labute approximate surface area is 231 Å². The van der Waals surface area contributed by atoms with Crippen molar-refractivity contribution in [2.75, 3.05) is 62.0 Å². The standard InChI is InChI=1S/C29H41N7O3/c1-29(2)19-36(21-9-5-6-10-21)25-23(34(3)27(29)38)18-31-28(33-25)32-22-12-11-20(17-24(22)39-4)26(37)30-13-16-35-14-7-8-15-35/h11-12,17-18,21H,5-10,13-16,19H2,1-4H3,(H,30,37)(H,31,32,33). The summed E-state index contributed by atoms with van der Waals surface area (Å²) < 4.78 is 5.62. The Kier molecular flexibility index (Phi) is 7.93. The van der Waals surface area contributed by atoms with Gasteiger partial charge in [-0.1, -0.05) is 12.8 Å². The zero-order chi connectivity index (χ0) is 27.6. The number of likely N-dealkylation sites (tertiary alicyclic amines) is 1. The Morgan fingerprint density at radius 2 is 1.90 bits per heavy atom. The molecule has 0 spiro atoms. The maximum Gasteiger partial charge on any atom is 0.251 e. The normalized spacial score (nSPS) is 19.6. The highest BCUT2D eigenvalue weighted by atomic mass is 16.5. The lowest BCUT2D eigenvalue weighted by molar-refractivity contribution is -0.125. The van der Waals surface area contributed by atoms with Crippen LogP contribution < -0.4 is 25.2 Å². The number of methoxy groups -OCH3 is 1. The van der Waals surface area contributed by atoms with Crippen molar-refractivity contribution >= 4 is 35.0 Å². The molecule has 2 amide bonds. The van der Waals surface area contributed by atoms with Crippen LogP contribution >= 0.6 is 0 Å². The molecule has 39 heavy (non-hydrogen) atoms. The van der Waals surface area contributed by atoms with Crippen molar-refractivity contribution in [3.05, 3.63) is 30.0 Å². The third-order valence-electron chi connectivity index (χ3n) is 8.22. The van der Waals surface area contributed by atoms with Gasteiger partial charge in [0, 0.05) is 38.3 Å². The van der Waals surface area contributed by atoms with Crippen LogP contribution in [0.15, 0.2) is 24.4 Å². The second kappa shape index (κ2) is 11.4. The molecule has 2 aromatic rings. The number of carbonyl (C=O) groups excluding carboxylic acids is 2. The van der Waals surface area contributed by atoms with E-state index in [-0.39, 0.29) is 11.8 Å². The molecule has 5 rings (SSSR count). The summed E-state index contributed by atoms with van der Waals surface area (Å²) in [5.74, 6) is 1.65. The van der Waals surface area contributed by atoms with E-state index >= 15 is 0 Å². The van der Waals surface area contributed by atoms with Crippen LogP contribution in [0.1, 0.15) is 62.7 Å². The fraction of sp³-hybridized carbons (Fsp3) is 0.586. The van der Waals surface area contributed by atoms with Gasteiger partial charge in [-0.2, -0.15) is 4.98 Å². The largest absolute Gasteiger partial charge is 0.495 e. The molecule has 0 atom stereocenters. The summed E-state index contributed by atoms with van der Waals surface area (Å²) in [5, 5.41) is 6.30. The van der Waals surface area contributed by atoms with Gasteiger partial charge in [0.2, 0.25) is 11.9 Å². The first-order valence-corrected chi connectivity index (χ1v) is 14.1. The molecule has 10 nitrogen and oxygen atoms in total. The Hall–Kier alpha value is -3.40. The first kappa shape index (κ1) is 27.2. The van der Waals surface area contributed by atoms with Crippen molar-refractivity contribution in [3.63, 3.8) is 0 Å². The number of amides is 2. The molecule has 0 bridgehead atoms. The van der Waals surface area contributed by atoms with Crippen LogP contribution in [-0.2, 0) is 4.79 Å². The number of aromatic nitrogens is 2. The minimum Gasteiger partial charge on any atom is -0.495 e. The average Bonchev–Trinajstić information content (AvgIpc) is 3.65. The van der Waals surface area contributed by atoms with Crippen molar-refractivity contribution in [1.82, 2.24) is 20.2 Å². The third-order valence-corrected chi connectivity index (χ3v) is 8.22. The predicted octanol–water partition coefficient (Wildman–Crippen LogP) is 3.81. The highest BCUT2D eigenvalue weighted by molar-refractivity contribution is 6.01. The smallest absolute Gasteiger partial charge is 0.251 e. The lowest BCUT2D eigenvalue weighted by Crippen LogP contribution is -2.45. The lowest BCUT2D eigenvalue weighted by Gasteiger charge is -2.34. The summed E-state index contributed by atoms with van der Waals surface area (Å²) in [6.45, 7) is 8.32. The quantitative estimate of drug-likeness (QED) is 0.526. The molecule has 1 saturated carbocycles. The summed E-state index contributed by atoms with van der Waals surface area (Å²) in [6.07, 6.45) is 8.75. The summed E-state index contributed by atoms with van der Waals surface area (Å²) in [6, 6.07) is 5.68. The van der Waals surface area contributed by atoms with Crippen molar-refractivity contribution in [1.29, 1.82) is 0 Å². The number of benzene rings is 1. The molecule has 2 N–H and O–H groups in total. The van der Waals surface area contributed by atoms with Crippen molar-refractivity contribution in [2.45, 2.75) is 58.4 Å². The number of hydrogen-bond acceptors (Lipinski definition) is 8. The minimum absolute atomic E-state index is 0.0597. The van der Waals surface area contributed by atoms with Crippen LogP contribution in [0.25, 0.3) is 0 Å². The maximum atomic E-state index is 13.2. The maximum absolute atomic E-state index is 13.2. The van der Waals surface area contributed by atoms with Gasteiger partial charge in [0.25, 0.3) is 5.91 Å². The number of nitrogens with one attached hydrogen (secondary N) is 2. The predicted molar refractivity (Wildman–Crippen MR) is 153 cm³/mol. The molecular weight excluding hydrogens is 494 g/mol. The number of carbonyl (C=O) groups is 2. The molecule has 1 aromatic carbocycles. The van der Waals surface area contributed by atoms with E-state index in [0.29, 0.717) is 42.1 Å². The third kappa shape index (κ3) is 5.80. The van der Waals surface area contributed by atoms with E-state index in [1.54, 1.807) is 37.4 Å². The molecule has 0 unspecified atom stereocenters. The monoisotopic (exact) mass is 535 g/mol. The molecule has 2 fully saturated rings. The van der Waals surface area contributed by atoms with E-state index in [0.717, 1.165) is 44.0 Å². The summed E-state index contributed by atoms with van der Waals surface area (Å²) >= 11 is 0. The number of nitrogens with zero attached hydrogens (tertiary/aromatic N) is 5. The summed E-state index contributed by atoms with van der Waals surface area (Å²) in [7, 11) is 3.38. The van der Waals surface area contributed by atoms with E-state index in [1.165, 1.54) is 25.7 Å². The molecule has 10 heteroatoms. The van der Waals surface area contributed by atoms with Gasteiger partial charge in [-0.05, 0) is 70.8 Å². The van der Waals surface area contributed by atoms with Gasteiger partial charge in [0.05, 0.1) is 24.4 Å². The number of rotatable bonds is 8. The topological polar surface area (TPSA) is 103 Å². The molecule has 210 valence electrons. The zero-order valence-electron chi connectivity index (χ0n) is 23.6. The fourth-order valence-electron chi connectivity index (χ4n) is 6.02. The van der Waals surface area contributed by atoms with Gasteiger partial charge in [0.15, 0.2) is 5.82 Å². The highest BCUT2D eigenvalue weighted by Crippen LogP contribution is 2.40. The van der Waals surface area contributed by atoms with Crippen molar-refractivity contribution in [2.24, 2.45) is 5.41 Å². The SMILES string of the molecule is COc1cc(C(=O)NCCN2CCCC2)ccc1Nc1ncc2c(n1)N(C1CCCC1)CC(C)(C)C(=O)N2C. The molecule has 1 aliphatic carbocycles. The van der Waals surface area contributed by atoms with Gasteiger partial charge in [0.1, 0.15) is 11.4 Å². The summed E-state index contributed by atoms with van der Waals surface area (Å²) in [4.78, 5) is 41.8. The Bertz CT molecular complexity index is 1210. The number of anilines is 4. The number of ether oxygens (including phenoxy) is 1. The van der Waals surface area contributed by atoms with Crippen molar-refractivity contribution < 1.29 is 14.3 Å². The van der Waals surface area contributed by atoms with Crippen molar-refractivity contribution in [3.8, 4) is 5.75 Å². The van der Waals surface area contributed by atoms with Crippen LogP contribution in [0.3, 0.4) is 0 Å². The summed E-state index contributed by atoms with van der Waals surface area (Å²) in [5.41, 5.74) is 1.38. The molecule has 2 aliphatic heterocycles. The van der Waals surface area contributed by atoms with Gasteiger partial charge in [-0.25, -0.2) is 4.98 Å². The van der Waals surface area contributed by atoms with Crippen LogP contribution in [-0.4, -0.2) is 79.6 Å². The number of fused-ring (bicyclic) bond motifs is 1. The highest BCUT2D eigenvalue weighted by Gasteiger charge is 2.41. The van der Waals surface area contributed by atoms with E-state index in [4.69, 9.17) is 9.72 Å². The van der Waals surface area contributed by atoms with Crippen LogP contribution in [0, 0.1) is 5.41 Å². The molecule has 1 saturated heterocycles. The lowest BCUT2D eigenvalue weighted by atomic mass is 9.91. The second-order valence-corrected chi connectivity index (χ2v) is 11.6. The zero-order valence-corrected chi connectivity index (χ0v) is 23.6. The molecule has 3 aliphatic rings. The average molecular weight is 536 g/mol. The van der Waals surface area contributed by atoms with E-state index in [1.807, 2.05) is 19.9 Å². The van der Waals surface area contributed by atoms with Crippen LogP contribution in [0.4, 0.5) is 23.1 Å². The Balaban J connectivity index is 1.35. The van der Waals surface area contributed by atoms with Gasteiger partial charge >= 0.3 is 0 Å². The molecular formula is C29H41N7O3. The second-order valence-electron chi connectivity index (χ2n) is 11.6. The number of hydrogen-bond donors (Lipinski definition) is 2.